The third kappa shape index (κ3) is 6.46. The van der Waals surface area contributed by atoms with Crippen molar-refractivity contribution in [2.75, 3.05) is 39.8 Å². The Kier molecular flexibility index (Phi) is 9.31. The maximum Gasteiger partial charge on any atom is 0.242 e. The summed E-state index contributed by atoms with van der Waals surface area (Å²) in [5.74, 6) is -1.03. The average Bonchev–Trinajstić information content (AvgIpc) is 3.69. The lowest BCUT2D eigenvalue weighted by atomic mass is 9.95. The number of hydrogen-bond donors (Lipinski definition) is 4. The van der Waals surface area contributed by atoms with E-state index in [1.54, 1.807) is 22.9 Å². The summed E-state index contributed by atoms with van der Waals surface area (Å²) in [6, 6.07) is -0.567. The van der Waals surface area contributed by atoms with Crippen LogP contribution in [0.1, 0.15) is 56.7 Å². The van der Waals surface area contributed by atoms with Gasteiger partial charge in [-0.25, -0.2) is 4.68 Å². The standard InChI is InChI=1S/C26H41N7O7/c1-39-15-17-13-33(30-29-17)18-6-8-32-19(10-18)26(38)28-12-21-25(37)24(36)20(40-21)11-22(34)31(14-23(32)35)9-7-27-16-4-2-3-5-16/h13,16,18-21,24-25,27,36-37H,2-12,14-15H2,1H3,(H,28,38)/t18-,19+,20+,21-,24?,25?/m1/s1. The lowest BCUT2D eigenvalue weighted by Gasteiger charge is -2.39. The van der Waals surface area contributed by atoms with Crippen LogP contribution < -0.4 is 10.6 Å². The Morgan fingerprint density at radius 2 is 1.90 bits per heavy atom. The van der Waals surface area contributed by atoms with Crippen LogP contribution in [-0.4, -0.2) is 129 Å². The second-order valence-electron chi connectivity index (χ2n) is 11.3. The second-order valence-corrected chi connectivity index (χ2v) is 11.3. The molecule has 0 spiro atoms. The number of aliphatic hydroxyl groups excluding tert-OH is 2. The minimum absolute atomic E-state index is 0.0543. The van der Waals surface area contributed by atoms with Gasteiger partial charge in [-0.15, -0.1) is 5.10 Å². The zero-order valence-corrected chi connectivity index (χ0v) is 23.0. The molecule has 4 fully saturated rings. The third-order valence-corrected chi connectivity index (χ3v) is 8.59. The number of hydrogen-bond acceptors (Lipinski definition) is 10. The van der Waals surface area contributed by atoms with Crippen molar-refractivity contribution in [3.8, 4) is 0 Å². The van der Waals surface area contributed by atoms with Gasteiger partial charge in [-0.3, -0.25) is 14.4 Å². The van der Waals surface area contributed by atoms with E-state index < -0.39 is 30.5 Å². The molecule has 1 aromatic heterocycles. The molecule has 0 radical (unpaired) electrons. The molecule has 2 bridgehead atoms. The molecule has 3 saturated heterocycles. The van der Waals surface area contributed by atoms with Gasteiger partial charge in [0.1, 0.15) is 30.0 Å². The van der Waals surface area contributed by atoms with E-state index in [4.69, 9.17) is 9.47 Å². The van der Waals surface area contributed by atoms with E-state index in [-0.39, 0.29) is 43.3 Å². The third-order valence-electron chi connectivity index (χ3n) is 8.59. The zero-order valence-electron chi connectivity index (χ0n) is 23.0. The quantitative estimate of drug-likeness (QED) is 0.301. The molecular formula is C26H41N7O7. The van der Waals surface area contributed by atoms with Crippen molar-refractivity contribution in [1.82, 2.24) is 35.4 Å². The number of fused-ring (bicyclic) bond motifs is 3. The Morgan fingerprint density at radius 3 is 2.67 bits per heavy atom. The highest BCUT2D eigenvalue weighted by atomic mass is 16.5. The van der Waals surface area contributed by atoms with Crippen LogP contribution in [0.3, 0.4) is 0 Å². The number of carbonyl (C=O) groups is 3. The first-order chi connectivity index (χ1) is 19.3. The number of nitrogens with one attached hydrogen (secondary N) is 2. The molecule has 0 aromatic carbocycles. The number of rotatable bonds is 7. The van der Waals surface area contributed by atoms with Crippen molar-refractivity contribution in [1.29, 1.82) is 0 Å². The van der Waals surface area contributed by atoms with Crippen LogP contribution in [0.5, 0.6) is 0 Å². The number of methoxy groups -OCH3 is 1. The van der Waals surface area contributed by atoms with Crippen molar-refractivity contribution in [3.63, 3.8) is 0 Å². The van der Waals surface area contributed by atoms with Crippen LogP contribution in [0.25, 0.3) is 0 Å². The van der Waals surface area contributed by atoms with Gasteiger partial charge in [0.25, 0.3) is 0 Å². The largest absolute Gasteiger partial charge is 0.388 e. The first-order valence-corrected chi connectivity index (χ1v) is 14.3. The number of aliphatic hydroxyl groups is 2. The van der Waals surface area contributed by atoms with Crippen LogP contribution in [0.2, 0.25) is 0 Å². The molecule has 40 heavy (non-hydrogen) atoms. The Hall–Kier alpha value is -2.65. The number of piperidine rings is 1. The normalized spacial score (nSPS) is 32.4. The number of amides is 3. The number of aromatic nitrogens is 3. The molecule has 4 N–H and O–H groups in total. The zero-order chi connectivity index (χ0) is 28.2. The van der Waals surface area contributed by atoms with Crippen LogP contribution in [0.4, 0.5) is 0 Å². The molecule has 1 aliphatic carbocycles. The minimum Gasteiger partial charge on any atom is -0.388 e. The number of carbonyl (C=O) groups excluding carboxylic acids is 3. The summed E-state index contributed by atoms with van der Waals surface area (Å²) in [6.07, 6.45) is 2.74. The maximum atomic E-state index is 13.6. The van der Waals surface area contributed by atoms with E-state index >= 15 is 0 Å². The molecule has 1 aromatic rings. The topological polar surface area (TPSA) is 171 Å². The number of nitrogens with zero attached hydrogens (tertiary/aromatic N) is 5. The lowest BCUT2D eigenvalue weighted by molar-refractivity contribution is -0.147. The highest BCUT2D eigenvalue weighted by Gasteiger charge is 2.45. The molecule has 6 atom stereocenters. The average molecular weight is 564 g/mol. The smallest absolute Gasteiger partial charge is 0.242 e. The molecular weight excluding hydrogens is 522 g/mol. The minimum atomic E-state index is -1.27. The van der Waals surface area contributed by atoms with E-state index in [0.717, 1.165) is 12.8 Å². The van der Waals surface area contributed by atoms with Crippen LogP contribution in [-0.2, 0) is 30.5 Å². The second kappa shape index (κ2) is 12.9. The Morgan fingerprint density at radius 1 is 1.12 bits per heavy atom. The summed E-state index contributed by atoms with van der Waals surface area (Å²) in [6.45, 7) is 1.23. The molecule has 3 aliphatic heterocycles. The van der Waals surface area contributed by atoms with Crippen LogP contribution >= 0.6 is 0 Å². The first-order valence-electron chi connectivity index (χ1n) is 14.3. The van der Waals surface area contributed by atoms with Crippen molar-refractivity contribution in [2.24, 2.45) is 0 Å². The molecule has 3 amide bonds. The predicted octanol–water partition coefficient (Wildman–Crippen LogP) is -1.67. The molecule has 4 heterocycles. The fraction of sp³-hybridized carbons (Fsp3) is 0.808. The van der Waals surface area contributed by atoms with E-state index in [1.165, 1.54) is 17.7 Å². The Labute approximate surface area is 233 Å². The summed E-state index contributed by atoms with van der Waals surface area (Å²) in [5, 5.41) is 35.7. The van der Waals surface area contributed by atoms with Gasteiger partial charge in [-0.05, 0) is 25.7 Å². The molecule has 222 valence electrons. The first kappa shape index (κ1) is 28.9. The van der Waals surface area contributed by atoms with E-state index in [2.05, 4.69) is 20.9 Å². The fourth-order valence-corrected chi connectivity index (χ4v) is 6.30. The van der Waals surface area contributed by atoms with Gasteiger partial charge in [0.2, 0.25) is 17.7 Å². The van der Waals surface area contributed by atoms with Gasteiger partial charge in [-0.2, -0.15) is 0 Å². The van der Waals surface area contributed by atoms with Gasteiger partial charge >= 0.3 is 0 Å². The molecule has 4 aliphatic rings. The van der Waals surface area contributed by atoms with Crippen molar-refractivity contribution in [2.45, 2.75) is 94.1 Å². The molecule has 1 saturated carbocycles. The Balaban J connectivity index is 1.34. The predicted molar refractivity (Wildman–Crippen MR) is 140 cm³/mol. The highest BCUT2D eigenvalue weighted by molar-refractivity contribution is 5.90. The van der Waals surface area contributed by atoms with Crippen molar-refractivity contribution >= 4 is 17.7 Å². The molecule has 14 nitrogen and oxygen atoms in total. The SMILES string of the molecule is COCc1cn([C@@H]2CCN3C(=O)CN(CCNC4CCCC4)C(=O)C[C@@H]4O[C@H](CNC(=O)[C@@H]3C2)C(O)C4O)nn1. The fourth-order valence-electron chi connectivity index (χ4n) is 6.30. The van der Waals surface area contributed by atoms with Crippen LogP contribution in [0, 0.1) is 0 Å². The highest BCUT2D eigenvalue weighted by Crippen LogP contribution is 2.29. The molecule has 14 heteroatoms. The maximum absolute atomic E-state index is 13.6. The van der Waals surface area contributed by atoms with Crippen molar-refractivity contribution in [3.05, 3.63) is 11.9 Å². The lowest BCUT2D eigenvalue weighted by Crippen LogP contribution is -2.57. The summed E-state index contributed by atoms with van der Waals surface area (Å²) in [5.41, 5.74) is 0.668. The van der Waals surface area contributed by atoms with Crippen molar-refractivity contribution < 1.29 is 34.1 Å². The monoisotopic (exact) mass is 563 g/mol. The van der Waals surface area contributed by atoms with Gasteiger partial charge in [0, 0.05) is 39.3 Å². The summed E-state index contributed by atoms with van der Waals surface area (Å²) < 4.78 is 12.7. The van der Waals surface area contributed by atoms with Gasteiger partial charge in [0.05, 0.1) is 37.9 Å². The van der Waals surface area contributed by atoms with Gasteiger partial charge in [-0.1, -0.05) is 18.1 Å². The molecule has 5 rings (SSSR count). The number of ether oxygens (including phenoxy) is 2. The summed E-state index contributed by atoms with van der Waals surface area (Å²) in [4.78, 5) is 43.5. The summed E-state index contributed by atoms with van der Waals surface area (Å²) >= 11 is 0. The van der Waals surface area contributed by atoms with E-state index in [0.29, 0.717) is 50.8 Å². The Bertz CT molecular complexity index is 1050. The summed E-state index contributed by atoms with van der Waals surface area (Å²) in [7, 11) is 1.58. The van der Waals surface area contributed by atoms with E-state index in [9.17, 15) is 24.6 Å². The van der Waals surface area contributed by atoms with Crippen LogP contribution in [0.15, 0.2) is 6.20 Å². The van der Waals surface area contributed by atoms with E-state index in [1.807, 2.05) is 0 Å². The van der Waals surface area contributed by atoms with Gasteiger partial charge < -0.3 is 40.1 Å². The van der Waals surface area contributed by atoms with Gasteiger partial charge in [0.15, 0.2) is 0 Å². The molecule has 2 unspecified atom stereocenters.